The van der Waals surface area contributed by atoms with Crippen molar-refractivity contribution in [2.24, 2.45) is 11.7 Å². The molecule has 5 nitrogen and oxygen atoms in total. The Morgan fingerprint density at radius 2 is 1.90 bits per heavy atom. The van der Waals surface area contributed by atoms with Gasteiger partial charge in [0.2, 0.25) is 0 Å². The molecule has 3 aromatic rings. The summed E-state index contributed by atoms with van der Waals surface area (Å²) in [5.41, 5.74) is 8.95. The van der Waals surface area contributed by atoms with E-state index in [1.54, 1.807) is 6.20 Å². The first-order valence-corrected chi connectivity index (χ1v) is 9.49. The van der Waals surface area contributed by atoms with Gasteiger partial charge in [0.1, 0.15) is 0 Å². The number of rotatable bonds is 3. The molecular weight excluding hydrogens is 407 g/mol. The zero-order valence-electron chi connectivity index (χ0n) is 16.3. The molecule has 2 atom stereocenters. The van der Waals surface area contributed by atoms with Crippen LogP contribution in [0.25, 0.3) is 22.3 Å². The molecule has 1 aliphatic rings. The summed E-state index contributed by atoms with van der Waals surface area (Å²) in [6.07, 6.45) is 3.71. The number of hydrogen-bond acceptors (Lipinski definition) is 4. The molecule has 1 aliphatic heterocycles. The lowest BCUT2D eigenvalue weighted by atomic mass is 9.91. The number of para-hydroxylation sites is 1. The number of nitrogens with zero attached hydrogens (tertiary/aromatic N) is 3. The number of likely N-dealkylation sites (tertiary alicyclic amines) is 1. The second-order valence-corrected chi connectivity index (χ2v) is 7.30. The summed E-state index contributed by atoms with van der Waals surface area (Å²) >= 11 is 0. The van der Waals surface area contributed by atoms with Gasteiger partial charge < -0.3 is 10.6 Å². The number of nitrogens with two attached hydrogens (primary N) is 1. The van der Waals surface area contributed by atoms with Crippen LogP contribution in [0.4, 0.5) is 0 Å². The van der Waals surface area contributed by atoms with E-state index in [0.717, 1.165) is 36.0 Å². The van der Waals surface area contributed by atoms with Crippen LogP contribution >= 0.6 is 24.8 Å². The van der Waals surface area contributed by atoms with E-state index in [2.05, 4.69) is 11.9 Å². The number of benzene rings is 1. The standard InChI is InChI=1S/C22H24N4O.2ClH/c1-15-9-11-26(16(12-15)14-23)22(27)18-13-21(20-8-4-5-10-24-20)25-19-7-3-2-6-17(18)19;;/h2-8,10,13,15-16H,9,11-12,14,23H2,1H3;2*1H. The van der Waals surface area contributed by atoms with Crippen LogP contribution in [0.1, 0.15) is 30.1 Å². The van der Waals surface area contributed by atoms with Crippen LogP contribution < -0.4 is 5.73 Å². The molecular formula is C22H26Cl2N4O. The molecule has 1 fully saturated rings. The molecule has 2 aromatic heterocycles. The van der Waals surface area contributed by atoms with E-state index < -0.39 is 0 Å². The highest BCUT2D eigenvalue weighted by Gasteiger charge is 2.30. The minimum Gasteiger partial charge on any atom is -0.334 e. The second-order valence-electron chi connectivity index (χ2n) is 7.30. The molecule has 29 heavy (non-hydrogen) atoms. The summed E-state index contributed by atoms with van der Waals surface area (Å²) < 4.78 is 0. The van der Waals surface area contributed by atoms with E-state index >= 15 is 0 Å². The maximum Gasteiger partial charge on any atom is 0.254 e. The van der Waals surface area contributed by atoms with Gasteiger partial charge >= 0.3 is 0 Å². The summed E-state index contributed by atoms with van der Waals surface area (Å²) in [6.45, 7) is 3.47. The van der Waals surface area contributed by atoms with E-state index in [1.165, 1.54) is 0 Å². The predicted molar refractivity (Wildman–Crippen MR) is 122 cm³/mol. The first-order chi connectivity index (χ1) is 13.2. The Labute approximate surface area is 183 Å². The van der Waals surface area contributed by atoms with Crippen LogP contribution in [-0.4, -0.2) is 39.9 Å². The van der Waals surface area contributed by atoms with Gasteiger partial charge in [-0.3, -0.25) is 9.78 Å². The van der Waals surface area contributed by atoms with Crippen LogP contribution in [0, 0.1) is 5.92 Å². The molecule has 4 rings (SSSR count). The minimum atomic E-state index is 0. The molecule has 154 valence electrons. The highest BCUT2D eigenvalue weighted by atomic mass is 35.5. The van der Waals surface area contributed by atoms with Crippen molar-refractivity contribution in [3.8, 4) is 11.4 Å². The minimum absolute atomic E-state index is 0. The highest BCUT2D eigenvalue weighted by Crippen LogP contribution is 2.28. The smallest absolute Gasteiger partial charge is 0.254 e. The average Bonchev–Trinajstić information content (AvgIpc) is 2.73. The lowest BCUT2D eigenvalue weighted by Crippen LogP contribution is -2.49. The average molecular weight is 433 g/mol. The molecule has 1 amide bonds. The van der Waals surface area contributed by atoms with Gasteiger partial charge in [-0.05, 0) is 43.0 Å². The van der Waals surface area contributed by atoms with Crippen molar-refractivity contribution in [2.75, 3.05) is 13.1 Å². The van der Waals surface area contributed by atoms with Crippen LogP contribution in [0.5, 0.6) is 0 Å². The maximum absolute atomic E-state index is 13.5. The second kappa shape index (κ2) is 10.0. The number of carbonyl (C=O) groups is 1. The molecule has 2 unspecified atom stereocenters. The van der Waals surface area contributed by atoms with Gasteiger partial charge in [0.25, 0.3) is 5.91 Å². The Bertz CT molecular complexity index is 967. The topological polar surface area (TPSA) is 72.1 Å². The first-order valence-electron chi connectivity index (χ1n) is 9.49. The monoisotopic (exact) mass is 432 g/mol. The van der Waals surface area contributed by atoms with Crippen LogP contribution in [-0.2, 0) is 0 Å². The zero-order chi connectivity index (χ0) is 18.8. The Balaban J connectivity index is 0.00000150. The third-order valence-electron chi connectivity index (χ3n) is 5.38. The van der Waals surface area contributed by atoms with E-state index in [9.17, 15) is 4.79 Å². The number of piperidine rings is 1. The number of amides is 1. The van der Waals surface area contributed by atoms with Gasteiger partial charge in [-0.25, -0.2) is 4.98 Å². The van der Waals surface area contributed by atoms with E-state index in [0.29, 0.717) is 23.7 Å². The maximum atomic E-state index is 13.5. The third kappa shape index (κ3) is 4.69. The van der Waals surface area contributed by atoms with Crippen molar-refractivity contribution >= 4 is 41.6 Å². The van der Waals surface area contributed by atoms with Gasteiger partial charge in [-0.1, -0.05) is 31.2 Å². The predicted octanol–water partition coefficient (Wildman–Crippen LogP) is 4.34. The van der Waals surface area contributed by atoms with Gasteiger partial charge in [0.05, 0.1) is 22.5 Å². The van der Waals surface area contributed by atoms with Crippen LogP contribution in [0.2, 0.25) is 0 Å². The molecule has 0 aliphatic carbocycles. The lowest BCUT2D eigenvalue weighted by Gasteiger charge is -2.38. The number of pyridine rings is 2. The number of carbonyl (C=O) groups excluding carboxylic acids is 1. The molecule has 2 N–H and O–H groups in total. The van der Waals surface area contributed by atoms with Crippen LogP contribution in [0.15, 0.2) is 54.7 Å². The molecule has 1 saturated heterocycles. The Morgan fingerprint density at radius 1 is 1.14 bits per heavy atom. The fourth-order valence-electron chi connectivity index (χ4n) is 3.89. The van der Waals surface area contributed by atoms with Crippen LogP contribution in [0.3, 0.4) is 0 Å². The van der Waals surface area contributed by atoms with Gasteiger partial charge in [0.15, 0.2) is 0 Å². The van der Waals surface area contributed by atoms with Gasteiger partial charge in [-0.2, -0.15) is 0 Å². The normalized spacial score (nSPS) is 18.6. The fraction of sp³-hybridized carbons (Fsp3) is 0.318. The summed E-state index contributed by atoms with van der Waals surface area (Å²) in [7, 11) is 0. The number of halogens is 2. The van der Waals surface area contributed by atoms with E-state index in [4.69, 9.17) is 10.7 Å². The molecule has 0 bridgehead atoms. The van der Waals surface area contributed by atoms with Crippen molar-refractivity contribution < 1.29 is 4.79 Å². The number of hydrogen-bond donors (Lipinski definition) is 1. The molecule has 0 spiro atoms. The Kier molecular flexibility index (Phi) is 7.96. The lowest BCUT2D eigenvalue weighted by molar-refractivity contribution is 0.0575. The summed E-state index contributed by atoms with van der Waals surface area (Å²) in [5, 5.41) is 0.872. The number of aromatic nitrogens is 2. The van der Waals surface area contributed by atoms with Crippen molar-refractivity contribution in [1.29, 1.82) is 0 Å². The quantitative estimate of drug-likeness (QED) is 0.667. The summed E-state index contributed by atoms with van der Waals surface area (Å²) in [6, 6.07) is 15.5. The van der Waals surface area contributed by atoms with E-state index in [-0.39, 0.29) is 36.8 Å². The molecule has 3 heterocycles. The van der Waals surface area contributed by atoms with Gasteiger partial charge in [0, 0.05) is 30.7 Å². The molecule has 7 heteroatoms. The van der Waals surface area contributed by atoms with Crippen molar-refractivity contribution in [2.45, 2.75) is 25.8 Å². The van der Waals surface area contributed by atoms with Crippen molar-refractivity contribution in [3.05, 3.63) is 60.3 Å². The van der Waals surface area contributed by atoms with Crippen molar-refractivity contribution in [3.63, 3.8) is 0 Å². The first kappa shape index (κ1) is 23.1. The molecule has 1 aromatic carbocycles. The van der Waals surface area contributed by atoms with Crippen molar-refractivity contribution in [1.82, 2.24) is 14.9 Å². The molecule has 0 radical (unpaired) electrons. The summed E-state index contributed by atoms with van der Waals surface area (Å²) in [4.78, 5) is 24.6. The highest BCUT2D eigenvalue weighted by molar-refractivity contribution is 6.07. The fourth-order valence-corrected chi connectivity index (χ4v) is 3.89. The van der Waals surface area contributed by atoms with E-state index in [1.807, 2.05) is 53.4 Å². The Morgan fingerprint density at radius 3 is 2.62 bits per heavy atom. The summed E-state index contributed by atoms with van der Waals surface area (Å²) in [5.74, 6) is 0.633. The zero-order valence-corrected chi connectivity index (χ0v) is 18.0. The third-order valence-corrected chi connectivity index (χ3v) is 5.38. The SMILES string of the molecule is CC1CCN(C(=O)c2cc(-c3ccccn3)nc3ccccc23)C(CN)C1.Cl.Cl. The van der Waals surface area contributed by atoms with Gasteiger partial charge in [-0.15, -0.1) is 24.8 Å². The number of fused-ring (bicyclic) bond motifs is 1. The Hall–Kier alpha value is -2.21. The largest absolute Gasteiger partial charge is 0.334 e. The molecule has 0 saturated carbocycles.